The van der Waals surface area contributed by atoms with Gasteiger partial charge < -0.3 is 0 Å². The summed E-state index contributed by atoms with van der Waals surface area (Å²) in [6.45, 7) is 4.41. The number of rotatable bonds is 2. The summed E-state index contributed by atoms with van der Waals surface area (Å²) in [4.78, 5) is 1.39. The Hall–Kier alpha value is 0.530. The van der Waals surface area contributed by atoms with Gasteiger partial charge in [0.2, 0.25) is 0 Å². The summed E-state index contributed by atoms with van der Waals surface area (Å²) < 4.78 is 1.20. The highest BCUT2D eigenvalue weighted by Crippen LogP contribution is 2.33. The van der Waals surface area contributed by atoms with Crippen molar-refractivity contribution in [3.05, 3.63) is 20.8 Å². The molecular weight excluding hydrogens is 240 g/mol. The van der Waals surface area contributed by atoms with Crippen LogP contribution in [-0.4, -0.2) is 5.75 Å². The van der Waals surface area contributed by atoms with E-state index in [2.05, 4.69) is 54.5 Å². The average Bonchev–Trinajstić information content (AvgIpc) is 2.36. The molecule has 0 nitrogen and oxygen atoms in total. The Labute approximate surface area is 85.6 Å². The maximum Gasteiger partial charge on any atom is 0.0701 e. The first-order valence-electron chi connectivity index (χ1n) is 3.43. The summed E-state index contributed by atoms with van der Waals surface area (Å²) in [7, 11) is 0. The minimum absolute atomic E-state index is 0.208. The maximum atomic E-state index is 4.31. The molecule has 0 fully saturated rings. The summed E-state index contributed by atoms with van der Waals surface area (Å²) in [6, 6.07) is 4.25. The van der Waals surface area contributed by atoms with Crippen LogP contribution in [-0.2, 0) is 5.41 Å². The van der Waals surface area contributed by atoms with Gasteiger partial charge >= 0.3 is 0 Å². The van der Waals surface area contributed by atoms with Crippen LogP contribution in [0.25, 0.3) is 0 Å². The van der Waals surface area contributed by atoms with Crippen LogP contribution in [0.3, 0.4) is 0 Å². The first-order chi connectivity index (χ1) is 5.06. The molecule has 11 heavy (non-hydrogen) atoms. The number of halogens is 1. The van der Waals surface area contributed by atoms with Crippen molar-refractivity contribution in [2.75, 3.05) is 5.75 Å². The second-order valence-electron chi connectivity index (χ2n) is 3.15. The molecule has 0 atom stereocenters. The lowest BCUT2D eigenvalue weighted by atomic mass is 9.94. The molecule has 1 aromatic rings. The van der Waals surface area contributed by atoms with Gasteiger partial charge in [-0.2, -0.15) is 12.6 Å². The molecule has 0 spiro atoms. The quantitative estimate of drug-likeness (QED) is 0.761. The van der Waals surface area contributed by atoms with Gasteiger partial charge in [-0.05, 0) is 28.1 Å². The van der Waals surface area contributed by atoms with Crippen LogP contribution in [0.2, 0.25) is 0 Å². The first kappa shape index (κ1) is 9.62. The molecule has 0 saturated heterocycles. The summed E-state index contributed by atoms with van der Waals surface area (Å²) in [6.07, 6.45) is 0. The van der Waals surface area contributed by atoms with Gasteiger partial charge in [-0.15, -0.1) is 11.3 Å². The molecule has 62 valence electrons. The van der Waals surface area contributed by atoms with Crippen LogP contribution >= 0.6 is 39.9 Å². The number of hydrogen-bond donors (Lipinski definition) is 1. The van der Waals surface area contributed by atoms with Crippen LogP contribution in [0.5, 0.6) is 0 Å². The molecule has 1 heterocycles. The van der Waals surface area contributed by atoms with E-state index in [4.69, 9.17) is 0 Å². The molecule has 0 unspecified atom stereocenters. The standard InChI is InChI=1S/C8H11BrS2/c1-8(2,5-10)6-3-4-7(9)11-6/h3-4,10H,5H2,1-2H3. The predicted octanol–water partition coefficient (Wildman–Crippen LogP) is 3.72. The van der Waals surface area contributed by atoms with Crippen molar-refractivity contribution >= 4 is 39.9 Å². The maximum absolute atomic E-state index is 4.31. The Morgan fingerprint density at radius 2 is 2.18 bits per heavy atom. The highest BCUT2D eigenvalue weighted by molar-refractivity contribution is 9.11. The van der Waals surface area contributed by atoms with E-state index < -0.39 is 0 Å². The van der Waals surface area contributed by atoms with Crippen LogP contribution in [0.4, 0.5) is 0 Å². The van der Waals surface area contributed by atoms with Gasteiger partial charge in [0.15, 0.2) is 0 Å². The van der Waals surface area contributed by atoms with Crippen molar-refractivity contribution in [1.29, 1.82) is 0 Å². The van der Waals surface area contributed by atoms with Gasteiger partial charge in [0.05, 0.1) is 3.79 Å². The summed E-state index contributed by atoms with van der Waals surface area (Å²) in [5, 5.41) is 0. The van der Waals surface area contributed by atoms with Gasteiger partial charge in [-0.3, -0.25) is 0 Å². The van der Waals surface area contributed by atoms with E-state index in [0.29, 0.717) is 0 Å². The average molecular weight is 251 g/mol. The molecule has 0 saturated carbocycles. The molecule has 0 aliphatic rings. The zero-order valence-electron chi connectivity index (χ0n) is 6.60. The highest BCUT2D eigenvalue weighted by Gasteiger charge is 2.19. The second kappa shape index (κ2) is 3.50. The van der Waals surface area contributed by atoms with Crippen molar-refractivity contribution in [3.63, 3.8) is 0 Å². The van der Waals surface area contributed by atoms with Gasteiger partial charge in [-0.25, -0.2) is 0 Å². The molecule has 3 heteroatoms. The van der Waals surface area contributed by atoms with Gasteiger partial charge in [0.1, 0.15) is 0 Å². The number of thiophene rings is 1. The summed E-state index contributed by atoms with van der Waals surface area (Å²) >= 11 is 9.55. The molecule has 1 rings (SSSR count). The fourth-order valence-electron chi connectivity index (χ4n) is 0.756. The third-order valence-electron chi connectivity index (χ3n) is 1.64. The van der Waals surface area contributed by atoms with E-state index in [0.717, 1.165) is 5.75 Å². The first-order valence-corrected chi connectivity index (χ1v) is 5.67. The van der Waals surface area contributed by atoms with E-state index >= 15 is 0 Å². The highest BCUT2D eigenvalue weighted by atomic mass is 79.9. The topological polar surface area (TPSA) is 0 Å². The SMILES string of the molecule is CC(C)(CS)c1ccc(Br)s1. The van der Waals surface area contributed by atoms with E-state index in [1.807, 2.05) is 0 Å². The Morgan fingerprint density at radius 3 is 2.55 bits per heavy atom. The monoisotopic (exact) mass is 250 g/mol. The summed E-state index contributed by atoms with van der Waals surface area (Å²) in [5.74, 6) is 0.889. The molecule has 1 aromatic heterocycles. The van der Waals surface area contributed by atoms with Crippen LogP contribution in [0.15, 0.2) is 15.9 Å². The Kier molecular flexibility index (Phi) is 3.06. The third-order valence-corrected chi connectivity index (χ3v) is 4.42. The Morgan fingerprint density at radius 1 is 1.55 bits per heavy atom. The van der Waals surface area contributed by atoms with E-state index in [1.165, 1.54) is 8.66 Å². The minimum Gasteiger partial charge on any atom is -0.178 e. The Balaban J connectivity index is 2.92. The predicted molar refractivity (Wildman–Crippen MR) is 58.9 cm³/mol. The van der Waals surface area contributed by atoms with E-state index in [1.54, 1.807) is 11.3 Å². The smallest absolute Gasteiger partial charge is 0.0701 e. The van der Waals surface area contributed by atoms with Gasteiger partial charge in [0.25, 0.3) is 0 Å². The van der Waals surface area contributed by atoms with Crippen molar-refractivity contribution in [2.24, 2.45) is 0 Å². The normalized spacial score (nSPS) is 12.0. The largest absolute Gasteiger partial charge is 0.178 e. The molecule has 0 aromatic carbocycles. The third kappa shape index (κ3) is 2.23. The molecule has 0 amide bonds. The van der Waals surface area contributed by atoms with Gasteiger partial charge in [0, 0.05) is 16.0 Å². The van der Waals surface area contributed by atoms with Crippen LogP contribution in [0, 0.1) is 0 Å². The fraction of sp³-hybridized carbons (Fsp3) is 0.500. The van der Waals surface area contributed by atoms with Crippen molar-refractivity contribution in [2.45, 2.75) is 19.3 Å². The van der Waals surface area contributed by atoms with E-state index in [9.17, 15) is 0 Å². The lowest BCUT2D eigenvalue weighted by Gasteiger charge is -2.19. The second-order valence-corrected chi connectivity index (χ2v) is 5.92. The zero-order chi connectivity index (χ0) is 8.48. The molecule has 0 N–H and O–H groups in total. The number of thiol groups is 1. The van der Waals surface area contributed by atoms with Crippen LogP contribution < -0.4 is 0 Å². The summed E-state index contributed by atoms with van der Waals surface area (Å²) in [5.41, 5.74) is 0.208. The van der Waals surface area contributed by atoms with Crippen molar-refractivity contribution in [3.8, 4) is 0 Å². The van der Waals surface area contributed by atoms with Gasteiger partial charge in [-0.1, -0.05) is 13.8 Å². The van der Waals surface area contributed by atoms with E-state index in [-0.39, 0.29) is 5.41 Å². The number of hydrogen-bond acceptors (Lipinski definition) is 2. The minimum atomic E-state index is 0.208. The fourth-order valence-corrected chi connectivity index (χ4v) is 2.52. The molecule has 0 aliphatic carbocycles. The molecule has 0 aliphatic heterocycles. The lowest BCUT2D eigenvalue weighted by Crippen LogP contribution is -2.16. The Bertz CT molecular complexity index is 240. The van der Waals surface area contributed by atoms with Crippen molar-refractivity contribution < 1.29 is 0 Å². The molecule has 0 bridgehead atoms. The zero-order valence-corrected chi connectivity index (χ0v) is 9.89. The molecule has 0 radical (unpaired) electrons. The molecular formula is C8H11BrS2. The van der Waals surface area contributed by atoms with Crippen LogP contribution in [0.1, 0.15) is 18.7 Å². The van der Waals surface area contributed by atoms with Crippen molar-refractivity contribution in [1.82, 2.24) is 0 Å². The lowest BCUT2D eigenvalue weighted by molar-refractivity contribution is 0.618.